The van der Waals surface area contributed by atoms with Gasteiger partial charge in [-0.05, 0) is 50.8 Å². The van der Waals surface area contributed by atoms with Crippen LogP contribution in [0, 0.1) is 0 Å². The Bertz CT molecular complexity index is 578. The third kappa shape index (κ3) is 3.14. The van der Waals surface area contributed by atoms with Crippen LogP contribution in [0.25, 0.3) is 0 Å². The van der Waals surface area contributed by atoms with Crippen molar-refractivity contribution in [3.05, 3.63) is 43.2 Å². The molecule has 1 aliphatic rings. The second-order valence-corrected chi connectivity index (χ2v) is 7.41. The highest BCUT2D eigenvalue weighted by Crippen LogP contribution is 2.27. The van der Waals surface area contributed by atoms with Crippen molar-refractivity contribution in [2.75, 3.05) is 19.6 Å². The van der Waals surface area contributed by atoms with Crippen LogP contribution in [0.5, 0.6) is 0 Å². The lowest BCUT2D eigenvalue weighted by molar-refractivity contribution is 0.0889. The summed E-state index contributed by atoms with van der Waals surface area (Å²) in [6.45, 7) is 2.92. The van der Waals surface area contributed by atoms with Crippen LogP contribution < -0.4 is 5.32 Å². The summed E-state index contributed by atoms with van der Waals surface area (Å²) >= 11 is 6.55. The highest BCUT2D eigenvalue weighted by molar-refractivity contribution is 9.10. The first-order chi connectivity index (χ1) is 9.74. The first-order valence-electron chi connectivity index (χ1n) is 6.52. The number of halogens is 1. The highest BCUT2D eigenvalue weighted by atomic mass is 79.9. The van der Waals surface area contributed by atoms with Crippen molar-refractivity contribution >= 4 is 44.5 Å². The molecule has 1 N–H and O–H groups in total. The van der Waals surface area contributed by atoms with Gasteiger partial charge in [0.05, 0.1) is 10.9 Å². The molecule has 3 heterocycles. The molecule has 0 spiro atoms. The van der Waals surface area contributed by atoms with Crippen LogP contribution in [-0.2, 0) is 0 Å². The number of thiophene rings is 2. The fourth-order valence-electron chi connectivity index (χ4n) is 2.28. The molecule has 1 atom stereocenters. The number of carbonyl (C=O) groups excluding carboxylic acids is 1. The van der Waals surface area contributed by atoms with E-state index in [0.717, 1.165) is 22.4 Å². The predicted octanol–water partition coefficient (Wildman–Crippen LogP) is 3.75. The first-order valence-corrected chi connectivity index (χ1v) is 9.14. The number of rotatable bonds is 5. The summed E-state index contributed by atoms with van der Waals surface area (Å²) in [5, 5.41) is 9.27. The summed E-state index contributed by atoms with van der Waals surface area (Å²) < 4.78 is 0.963. The second-order valence-electron chi connectivity index (χ2n) is 4.80. The van der Waals surface area contributed by atoms with Crippen LogP contribution in [0.2, 0.25) is 0 Å². The third-order valence-corrected chi connectivity index (χ3v) is 5.90. The van der Waals surface area contributed by atoms with Crippen LogP contribution in [0.15, 0.2) is 32.7 Å². The minimum absolute atomic E-state index is 0.0152. The zero-order chi connectivity index (χ0) is 13.9. The van der Waals surface area contributed by atoms with E-state index in [1.807, 2.05) is 11.4 Å². The SMILES string of the molecule is O=C(NCC(c1ccsc1)N1CCC1)c1cc(Br)cs1. The predicted molar refractivity (Wildman–Crippen MR) is 87.6 cm³/mol. The van der Waals surface area contributed by atoms with Crippen LogP contribution in [0.4, 0.5) is 0 Å². The van der Waals surface area contributed by atoms with Crippen molar-refractivity contribution < 1.29 is 4.79 Å². The Hall–Kier alpha value is -0.690. The summed E-state index contributed by atoms with van der Waals surface area (Å²) in [7, 11) is 0. The molecule has 3 rings (SSSR count). The topological polar surface area (TPSA) is 32.3 Å². The molecule has 2 aromatic heterocycles. The van der Waals surface area contributed by atoms with Gasteiger partial charge in [0.1, 0.15) is 0 Å². The largest absolute Gasteiger partial charge is 0.349 e. The van der Waals surface area contributed by atoms with E-state index < -0.39 is 0 Å². The van der Waals surface area contributed by atoms with Gasteiger partial charge in [0.25, 0.3) is 5.91 Å². The van der Waals surface area contributed by atoms with E-state index in [4.69, 9.17) is 0 Å². The zero-order valence-corrected chi connectivity index (χ0v) is 14.1. The van der Waals surface area contributed by atoms with E-state index in [1.54, 1.807) is 11.3 Å². The number of amides is 1. The molecule has 0 saturated carbocycles. The summed E-state index contributed by atoms with van der Waals surface area (Å²) in [4.78, 5) is 15.3. The molecule has 20 heavy (non-hydrogen) atoms. The number of hydrogen-bond donors (Lipinski definition) is 1. The van der Waals surface area contributed by atoms with Crippen LogP contribution in [0.3, 0.4) is 0 Å². The van der Waals surface area contributed by atoms with Crippen molar-refractivity contribution in [3.8, 4) is 0 Å². The lowest BCUT2D eigenvalue weighted by Gasteiger charge is -2.38. The molecular formula is C14H15BrN2OS2. The van der Waals surface area contributed by atoms with Gasteiger partial charge in [0, 0.05) is 29.5 Å². The Morgan fingerprint density at radius 3 is 2.85 bits per heavy atom. The standard InChI is InChI=1S/C14H15BrN2OS2/c15-11-6-13(20-9-11)14(18)16-7-12(17-3-1-4-17)10-2-5-19-8-10/h2,5-6,8-9,12H,1,3-4,7H2,(H,16,18). The summed E-state index contributed by atoms with van der Waals surface area (Å²) in [5.74, 6) is 0.0152. The van der Waals surface area contributed by atoms with Gasteiger partial charge in [-0.2, -0.15) is 11.3 Å². The maximum absolute atomic E-state index is 12.1. The van der Waals surface area contributed by atoms with E-state index in [1.165, 1.54) is 23.3 Å². The highest BCUT2D eigenvalue weighted by Gasteiger charge is 2.26. The molecule has 2 aromatic rings. The molecule has 0 radical (unpaired) electrons. The van der Waals surface area contributed by atoms with Crippen molar-refractivity contribution in [1.29, 1.82) is 0 Å². The Kier molecular flexibility index (Phi) is 4.55. The molecule has 3 nitrogen and oxygen atoms in total. The molecule has 1 aliphatic heterocycles. The fraction of sp³-hybridized carbons (Fsp3) is 0.357. The third-order valence-electron chi connectivity index (χ3n) is 3.51. The number of carbonyl (C=O) groups is 1. The van der Waals surface area contributed by atoms with Gasteiger partial charge in [-0.15, -0.1) is 11.3 Å². The average molecular weight is 371 g/mol. The van der Waals surface area contributed by atoms with Gasteiger partial charge in [-0.3, -0.25) is 9.69 Å². The number of nitrogens with one attached hydrogen (secondary N) is 1. The Labute approximate surface area is 134 Å². The maximum atomic E-state index is 12.1. The molecule has 6 heteroatoms. The monoisotopic (exact) mass is 370 g/mol. The fourth-order valence-corrected chi connectivity index (χ4v) is 4.33. The van der Waals surface area contributed by atoms with E-state index in [-0.39, 0.29) is 5.91 Å². The van der Waals surface area contributed by atoms with Crippen LogP contribution >= 0.6 is 38.6 Å². The summed E-state index contributed by atoms with van der Waals surface area (Å²) in [6, 6.07) is 4.33. The molecule has 1 fully saturated rings. The van der Waals surface area contributed by atoms with Crippen LogP contribution in [0.1, 0.15) is 27.7 Å². The summed E-state index contributed by atoms with van der Waals surface area (Å²) in [5.41, 5.74) is 1.31. The van der Waals surface area contributed by atoms with Crippen molar-refractivity contribution in [3.63, 3.8) is 0 Å². The molecule has 1 saturated heterocycles. The minimum Gasteiger partial charge on any atom is -0.349 e. The van der Waals surface area contributed by atoms with Crippen molar-refractivity contribution in [2.24, 2.45) is 0 Å². The number of likely N-dealkylation sites (tertiary alicyclic amines) is 1. The Morgan fingerprint density at radius 1 is 1.45 bits per heavy atom. The van der Waals surface area contributed by atoms with E-state index in [2.05, 4.69) is 43.0 Å². The minimum atomic E-state index is 0.0152. The van der Waals surface area contributed by atoms with Crippen molar-refractivity contribution in [2.45, 2.75) is 12.5 Å². The molecule has 0 aromatic carbocycles. The van der Waals surface area contributed by atoms with Crippen molar-refractivity contribution in [1.82, 2.24) is 10.2 Å². The summed E-state index contributed by atoms with van der Waals surface area (Å²) in [6.07, 6.45) is 1.26. The molecule has 1 unspecified atom stereocenters. The quantitative estimate of drug-likeness (QED) is 0.868. The lowest BCUT2D eigenvalue weighted by atomic mass is 10.0. The molecule has 106 valence electrons. The van der Waals surface area contributed by atoms with Gasteiger partial charge in [0.2, 0.25) is 0 Å². The van der Waals surface area contributed by atoms with Crippen LogP contribution in [-0.4, -0.2) is 30.4 Å². The van der Waals surface area contributed by atoms with Gasteiger partial charge in [-0.25, -0.2) is 0 Å². The molecular weight excluding hydrogens is 356 g/mol. The Morgan fingerprint density at radius 2 is 2.30 bits per heavy atom. The Balaban J connectivity index is 1.63. The molecule has 0 bridgehead atoms. The zero-order valence-electron chi connectivity index (χ0n) is 10.8. The number of hydrogen-bond acceptors (Lipinski definition) is 4. The van der Waals surface area contributed by atoms with Gasteiger partial charge in [-0.1, -0.05) is 0 Å². The lowest BCUT2D eigenvalue weighted by Crippen LogP contribution is -2.44. The van der Waals surface area contributed by atoms with E-state index in [9.17, 15) is 4.79 Å². The second kappa shape index (κ2) is 6.39. The molecule has 1 amide bonds. The van der Waals surface area contributed by atoms with Gasteiger partial charge >= 0.3 is 0 Å². The van der Waals surface area contributed by atoms with E-state index >= 15 is 0 Å². The van der Waals surface area contributed by atoms with Gasteiger partial charge in [0.15, 0.2) is 0 Å². The first kappa shape index (κ1) is 14.3. The average Bonchev–Trinajstić information content (AvgIpc) is 3.02. The maximum Gasteiger partial charge on any atom is 0.261 e. The van der Waals surface area contributed by atoms with E-state index in [0.29, 0.717) is 12.6 Å². The molecule has 0 aliphatic carbocycles. The van der Waals surface area contributed by atoms with Gasteiger partial charge < -0.3 is 5.32 Å². The number of nitrogens with zero attached hydrogens (tertiary/aromatic N) is 1. The normalized spacial score (nSPS) is 16.6. The smallest absolute Gasteiger partial charge is 0.261 e.